The highest BCUT2D eigenvalue weighted by atomic mass is 28.3. The summed E-state index contributed by atoms with van der Waals surface area (Å²) >= 11 is 0. The van der Waals surface area contributed by atoms with Gasteiger partial charge in [0.1, 0.15) is 5.75 Å². The first-order chi connectivity index (χ1) is 11.8. The van der Waals surface area contributed by atoms with Gasteiger partial charge in [0.05, 0.1) is 21.2 Å². The van der Waals surface area contributed by atoms with Crippen molar-refractivity contribution >= 4 is 14.0 Å². The van der Waals surface area contributed by atoms with Crippen molar-refractivity contribution in [1.29, 1.82) is 0 Å². The van der Waals surface area contributed by atoms with E-state index in [9.17, 15) is 4.79 Å². The van der Waals surface area contributed by atoms with Crippen LogP contribution in [0.4, 0.5) is 0 Å². The molecule has 4 heteroatoms. The van der Waals surface area contributed by atoms with Gasteiger partial charge in [-0.2, -0.15) is 0 Å². The standard InChI is InChI=1S/C21H29NO2Si/c1-16(17-11-7-6-8-12-17)22-21(23)15-20(25(3,4)5)18-13-9-10-14-19(18)24-2/h6-14,16,20H,15H2,1-5H3,(H,22,23)/t16-,20+/m0/s1. The number of nitrogens with one attached hydrogen (secondary N) is 1. The highest BCUT2D eigenvalue weighted by molar-refractivity contribution is 6.77. The Hall–Kier alpha value is -2.07. The van der Waals surface area contributed by atoms with E-state index in [-0.39, 0.29) is 17.5 Å². The van der Waals surface area contributed by atoms with Gasteiger partial charge in [0.15, 0.2) is 0 Å². The summed E-state index contributed by atoms with van der Waals surface area (Å²) < 4.78 is 5.54. The van der Waals surface area contributed by atoms with Gasteiger partial charge in [0.2, 0.25) is 5.91 Å². The molecule has 0 spiro atoms. The van der Waals surface area contributed by atoms with Crippen LogP contribution in [0.15, 0.2) is 54.6 Å². The molecule has 0 aromatic heterocycles. The van der Waals surface area contributed by atoms with E-state index in [1.165, 1.54) is 0 Å². The van der Waals surface area contributed by atoms with Gasteiger partial charge >= 0.3 is 0 Å². The van der Waals surface area contributed by atoms with Crippen LogP contribution in [0.2, 0.25) is 19.6 Å². The van der Waals surface area contributed by atoms with Gasteiger partial charge in [0.25, 0.3) is 0 Å². The minimum absolute atomic E-state index is 0.00801. The maximum Gasteiger partial charge on any atom is 0.220 e. The van der Waals surface area contributed by atoms with Gasteiger partial charge in [-0.15, -0.1) is 0 Å². The van der Waals surface area contributed by atoms with Crippen molar-refractivity contribution in [3.8, 4) is 5.75 Å². The molecule has 0 saturated carbocycles. The second-order valence-corrected chi connectivity index (χ2v) is 13.0. The zero-order valence-electron chi connectivity index (χ0n) is 15.9. The molecule has 2 aromatic rings. The van der Waals surface area contributed by atoms with Crippen molar-refractivity contribution in [3.05, 3.63) is 65.7 Å². The van der Waals surface area contributed by atoms with Gasteiger partial charge in [-0.25, -0.2) is 0 Å². The number of hydrogen-bond donors (Lipinski definition) is 1. The third-order valence-electron chi connectivity index (χ3n) is 4.63. The first-order valence-electron chi connectivity index (χ1n) is 8.80. The number of benzene rings is 2. The fraction of sp³-hybridized carbons (Fsp3) is 0.381. The van der Waals surface area contributed by atoms with Crippen LogP contribution in [0.25, 0.3) is 0 Å². The monoisotopic (exact) mass is 355 g/mol. The fourth-order valence-corrected chi connectivity index (χ4v) is 5.12. The van der Waals surface area contributed by atoms with Crippen LogP contribution in [-0.4, -0.2) is 21.1 Å². The van der Waals surface area contributed by atoms with Crippen molar-refractivity contribution in [2.24, 2.45) is 0 Å². The van der Waals surface area contributed by atoms with E-state index in [1.807, 2.05) is 55.5 Å². The summed E-state index contributed by atoms with van der Waals surface area (Å²) in [5.41, 5.74) is 2.48. The maximum atomic E-state index is 12.7. The number of carbonyl (C=O) groups excluding carboxylic acids is 1. The Morgan fingerprint density at radius 2 is 1.64 bits per heavy atom. The molecule has 0 heterocycles. The molecule has 134 valence electrons. The molecule has 2 aromatic carbocycles. The van der Waals surface area contributed by atoms with Crippen LogP contribution in [-0.2, 0) is 4.79 Å². The molecule has 2 atom stereocenters. The maximum absolute atomic E-state index is 12.7. The van der Waals surface area contributed by atoms with E-state index >= 15 is 0 Å². The largest absolute Gasteiger partial charge is 0.496 e. The number of amides is 1. The predicted octanol–water partition coefficient (Wildman–Crippen LogP) is 4.92. The van der Waals surface area contributed by atoms with Gasteiger partial charge in [-0.1, -0.05) is 68.2 Å². The number of rotatable bonds is 7. The molecule has 0 saturated heterocycles. The Morgan fingerprint density at radius 1 is 1.04 bits per heavy atom. The van der Waals surface area contributed by atoms with Crippen LogP contribution < -0.4 is 10.1 Å². The average Bonchev–Trinajstić information content (AvgIpc) is 2.59. The van der Waals surface area contributed by atoms with Crippen molar-refractivity contribution in [2.45, 2.75) is 44.6 Å². The van der Waals surface area contributed by atoms with Crippen LogP contribution in [0.3, 0.4) is 0 Å². The lowest BCUT2D eigenvalue weighted by Gasteiger charge is -2.30. The lowest BCUT2D eigenvalue weighted by atomic mass is 10.1. The molecular weight excluding hydrogens is 326 g/mol. The van der Waals surface area contributed by atoms with Crippen LogP contribution in [0, 0.1) is 0 Å². The molecule has 0 aliphatic rings. The van der Waals surface area contributed by atoms with Crippen LogP contribution in [0.1, 0.15) is 36.1 Å². The Balaban J connectivity index is 2.16. The van der Waals surface area contributed by atoms with Gasteiger partial charge in [-0.3, -0.25) is 4.79 Å². The van der Waals surface area contributed by atoms with Crippen LogP contribution in [0.5, 0.6) is 5.75 Å². The fourth-order valence-electron chi connectivity index (χ4n) is 3.15. The Bertz CT molecular complexity index is 695. The molecule has 0 unspecified atom stereocenters. The third kappa shape index (κ3) is 5.20. The Labute approximate surface area is 152 Å². The SMILES string of the molecule is COc1ccccc1[C@@H](CC(=O)N[C@@H](C)c1ccccc1)[Si](C)(C)C. The number of ether oxygens (including phenoxy) is 1. The summed E-state index contributed by atoms with van der Waals surface area (Å²) in [7, 11) is 0.0831. The van der Waals surface area contributed by atoms with Crippen molar-refractivity contribution in [3.63, 3.8) is 0 Å². The zero-order chi connectivity index (χ0) is 18.4. The normalized spacial score (nSPS) is 13.8. The van der Waals surface area contributed by atoms with Crippen molar-refractivity contribution in [1.82, 2.24) is 5.32 Å². The molecule has 2 rings (SSSR count). The number of para-hydroxylation sites is 1. The first-order valence-corrected chi connectivity index (χ1v) is 12.4. The molecule has 0 fully saturated rings. The molecule has 1 N–H and O–H groups in total. The zero-order valence-corrected chi connectivity index (χ0v) is 16.9. The molecule has 0 radical (unpaired) electrons. The van der Waals surface area contributed by atoms with Crippen molar-refractivity contribution < 1.29 is 9.53 Å². The van der Waals surface area contributed by atoms with Gasteiger partial charge in [0, 0.05) is 6.42 Å². The van der Waals surface area contributed by atoms with E-state index in [4.69, 9.17) is 4.74 Å². The van der Waals surface area contributed by atoms with E-state index in [0.717, 1.165) is 16.9 Å². The van der Waals surface area contributed by atoms with E-state index in [0.29, 0.717) is 6.42 Å². The predicted molar refractivity (Wildman–Crippen MR) is 107 cm³/mol. The van der Waals surface area contributed by atoms with Gasteiger partial charge in [-0.05, 0) is 29.7 Å². The summed E-state index contributed by atoms with van der Waals surface area (Å²) in [6, 6.07) is 18.1. The smallest absolute Gasteiger partial charge is 0.220 e. The molecule has 1 amide bonds. The number of methoxy groups -OCH3 is 1. The quantitative estimate of drug-likeness (QED) is 0.716. The minimum atomic E-state index is -1.61. The molecule has 0 bridgehead atoms. The average molecular weight is 356 g/mol. The summed E-state index contributed by atoms with van der Waals surface area (Å²) in [6.45, 7) is 8.94. The Kier molecular flexibility index (Phi) is 6.43. The molecular formula is C21H29NO2Si. The first kappa shape index (κ1) is 19.3. The Morgan fingerprint density at radius 3 is 2.24 bits per heavy atom. The highest BCUT2D eigenvalue weighted by Crippen LogP contribution is 2.36. The van der Waals surface area contributed by atoms with Crippen molar-refractivity contribution in [2.75, 3.05) is 7.11 Å². The number of hydrogen-bond acceptors (Lipinski definition) is 2. The van der Waals surface area contributed by atoms with E-state index in [1.54, 1.807) is 7.11 Å². The second kappa shape index (κ2) is 8.34. The topological polar surface area (TPSA) is 38.3 Å². The minimum Gasteiger partial charge on any atom is -0.496 e. The summed E-state index contributed by atoms with van der Waals surface area (Å²) in [5, 5.41) is 3.15. The highest BCUT2D eigenvalue weighted by Gasteiger charge is 2.32. The molecule has 25 heavy (non-hydrogen) atoms. The number of carbonyl (C=O) groups is 1. The molecule has 3 nitrogen and oxygen atoms in total. The summed E-state index contributed by atoms with van der Waals surface area (Å²) in [5.74, 6) is 0.966. The van der Waals surface area contributed by atoms with E-state index < -0.39 is 8.07 Å². The summed E-state index contributed by atoms with van der Waals surface area (Å²) in [4.78, 5) is 12.7. The van der Waals surface area contributed by atoms with E-state index in [2.05, 4.69) is 31.0 Å². The van der Waals surface area contributed by atoms with Crippen LogP contribution >= 0.6 is 0 Å². The van der Waals surface area contributed by atoms with Gasteiger partial charge < -0.3 is 10.1 Å². The molecule has 0 aliphatic carbocycles. The summed E-state index contributed by atoms with van der Waals surface area (Å²) in [6.07, 6.45) is 0.493. The third-order valence-corrected chi connectivity index (χ3v) is 7.23. The lowest BCUT2D eigenvalue weighted by molar-refractivity contribution is -0.121. The lowest BCUT2D eigenvalue weighted by Crippen LogP contribution is -2.37. The second-order valence-electron chi connectivity index (χ2n) is 7.56. The molecule has 0 aliphatic heterocycles.